The highest BCUT2D eigenvalue weighted by atomic mass is 32.2. The van der Waals surface area contributed by atoms with Crippen LogP contribution >= 0.6 is 0 Å². The highest BCUT2D eigenvalue weighted by Crippen LogP contribution is 2.33. The molecule has 27 heavy (non-hydrogen) atoms. The van der Waals surface area contributed by atoms with Crippen LogP contribution in [-0.4, -0.2) is 44.4 Å². The molecule has 0 aliphatic carbocycles. The summed E-state index contributed by atoms with van der Waals surface area (Å²) in [6.07, 6.45) is 0.417. The van der Waals surface area contributed by atoms with E-state index in [0.717, 1.165) is 23.0 Å². The van der Waals surface area contributed by atoms with Crippen LogP contribution in [0.5, 0.6) is 5.75 Å². The molecule has 0 aromatic heterocycles. The zero-order chi connectivity index (χ0) is 20.0. The molecule has 146 valence electrons. The molecule has 2 aromatic carbocycles. The summed E-state index contributed by atoms with van der Waals surface area (Å²) in [4.78, 5) is 9.74. The van der Waals surface area contributed by atoms with Gasteiger partial charge in [0.15, 0.2) is 5.82 Å². The predicted octanol–water partition coefficient (Wildman–Crippen LogP) is 1.93. The average molecular weight is 397 g/mol. The summed E-state index contributed by atoms with van der Waals surface area (Å²) in [5.41, 5.74) is 5.68. The number of nitro groups is 1. The number of hydrogen-bond acceptors (Lipinski definition) is 6. The van der Waals surface area contributed by atoms with Gasteiger partial charge in [-0.25, -0.2) is 12.8 Å². The van der Waals surface area contributed by atoms with E-state index >= 15 is 0 Å². The fraction of sp³-hybridized carbons (Fsp3) is 0.294. The third kappa shape index (κ3) is 4.79. The number of methoxy groups -OCH3 is 1. The zero-order valence-corrected chi connectivity index (χ0v) is 15.5. The molecule has 0 unspecified atom stereocenters. The van der Waals surface area contributed by atoms with Crippen LogP contribution in [0, 0.1) is 15.9 Å². The van der Waals surface area contributed by atoms with Crippen molar-refractivity contribution in [2.75, 3.05) is 26.7 Å². The Morgan fingerprint density at radius 3 is 2.44 bits per heavy atom. The normalized spacial score (nSPS) is 11.6. The summed E-state index contributed by atoms with van der Waals surface area (Å²) >= 11 is 0. The van der Waals surface area contributed by atoms with Gasteiger partial charge in [-0.05, 0) is 18.1 Å². The second-order valence-corrected chi connectivity index (χ2v) is 7.58. The van der Waals surface area contributed by atoms with Crippen LogP contribution in [0.3, 0.4) is 0 Å². The van der Waals surface area contributed by atoms with E-state index in [1.165, 1.54) is 0 Å². The lowest BCUT2D eigenvalue weighted by Gasteiger charge is -2.22. The van der Waals surface area contributed by atoms with Gasteiger partial charge in [-0.3, -0.25) is 10.1 Å². The Bertz CT molecular complexity index is 906. The van der Waals surface area contributed by atoms with Gasteiger partial charge in [-0.15, -0.1) is 0 Å². The summed E-state index contributed by atoms with van der Waals surface area (Å²) in [5, 5.41) is 11.1. The second-order valence-electron chi connectivity index (χ2n) is 5.64. The average Bonchev–Trinajstić information content (AvgIpc) is 2.65. The molecule has 0 radical (unpaired) electrons. The van der Waals surface area contributed by atoms with Crippen molar-refractivity contribution in [3.05, 3.63) is 64.0 Å². The molecule has 0 aliphatic rings. The van der Waals surface area contributed by atoms with Crippen molar-refractivity contribution >= 4 is 15.7 Å². The summed E-state index contributed by atoms with van der Waals surface area (Å²) in [7, 11) is -3.11. The first-order valence-electron chi connectivity index (χ1n) is 8.07. The summed E-state index contributed by atoms with van der Waals surface area (Å²) in [6, 6.07) is 10.7. The number of nitrogens with zero attached hydrogens (tertiary/aromatic N) is 2. The largest absolute Gasteiger partial charge is 0.488 e. The van der Waals surface area contributed by atoms with E-state index in [4.69, 9.17) is 5.73 Å². The van der Waals surface area contributed by atoms with Crippen LogP contribution in [0.15, 0.2) is 47.4 Å². The molecule has 0 fully saturated rings. The van der Waals surface area contributed by atoms with Gasteiger partial charge in [0, 0.05) is 25.7 Å². The lowest BCUT2D eigenvalue weighted by molar-refractivity contribution is -0.386. The topological polar surface area (TPSA) is 116 Å². The van der Waals surface area contributed by atoms with Gasteiger partial charge in [-0.2, -0.15) is 4.31 Å². The van der Waals surface area contributed by atoms with Crippen molar-refractivity contribution in [3.63, 3.8) is 0 Å². The van der Waals surface area contributed by atoms with Crippen molar-refractivity contribution in [3.8, 4) is 5.75 Å². The second kappa shape index (κ2) is 8.89. The number of ether oxygens (including phenoxy) is 1. The molecule has 8 nitrogen and oxygen atoms in total. The van der Waals surface area contributed by atoms with Gasteiger partial charge >= 0.3 is 5.69 Å². The van der Waals surface area contributed by atoms with Crippen molar-refractivity contribution in [2.45, 2.75) is 11.3 Å². The van der Waals surface area contributed by atoms with Crippen LogP contribution in [-0.2, 0) is 16.4 Å². The van der Waals surface area contributed by atoms with Gasteiger partial charge in [0.1, 0.15) is 0 Å². The molecule has 2 rings (SSSR count). The van der Waals surface area contributed by atoms with Gasteiger partial charge < -0.3 is 10.5 Å². The molecular weight excluding hydrogens is 377 g/mol. The first-order valence-corrected chi connectivity index (χ1v) is 9.51. The number of halogens is 1. The minimum Gasteiger partial charge on any atom is -0.488 e. The maximum atomic E-state index is 14.2. The molecule has 0 heterocycles. The van der Waals surface area contributed by atoms with Crippen molar-refractivity contribution < 1.29 is 22.5 Å². The lowest BCUT2D eigenvalue weighted by Crippen LogP contribution is -2.37. The van der Waals surface area contributed by atoms with E-state index in [9.17, 15) is 22.9 Å². The van der Waals surface area contributed by atoms with Crippen LogP contribution in [0.1, 0.15) is 5.56 Å². The molecule has 0 amide bonds. The van der Waals surface area contributed by atoms with Crippen LogP contribution in [0.4, 0.5) is 10.1 Å². The fourth-order valence-corrected chi connectivity index (χ4v) is 4.07. The molecular formula is C17H20FN3O5S. The molecule has 0 saturated carbocycles. The van der Waals surface area contributed by atoms with Crippen molar-refractivity contribution in [1.82, 2.24) is 4.31 Å². The van der Waals surface area contributed by atoms with Crippen LogP contribution in [0.25, 0.3) is 0 Å². The molecule has 2 N–H and O–H groups in total. The number of benzene rings is 2. The van der Waals surface area contributed by atoms with E-state index < -0.39 is 37.1 Å². The van der Waals surface area contributed by atoms with Crippen LogP contribution < -0.4 is 10.5 Å². The van der Waals surface area contributed by atoms with E-state index in [1.54, 1.807) is 0 Å². The van der Waals surface area contributed by atoms with Gasteiger partial charge in [0.05, 0.1) is 16.9 Å². The summed E-state index contributed by atoms with van der Waals surface area (Å²) in [5.74, 6) is -1.74. The maximum absolute atomic E-state index is 14.2. The van der Waals surface area contributed by atoms with E-state index in [2.05, 4.69) is 4.74 Å². The predicted molar refractivity (Wildman–Crippen MR) is 97.6 cm³/mol. The quantitative estimate of drug-likeness (QED) is 0.511. The molecule has 0 aliphatic heterocycles. The van der Waals surface area contributed by atoms with Crippen molar-refractivity contribution in [2.24, 2.45) is 5.73 Å². The minimum absolute atomic E-state index is 0.00336. The molecule has 2 aromatic rings. The van der Waals surface area contributed by atoms with E-state index in [1.807, 2.05) is 30.3 Å². The molecule has 0 atom stereocenters. The number of nitro benzene ring substituents is 1. The smallest absolute Gasteiger partial charge is 0.315 e. The highest BCUT2D eigenvalue weighted by Gasteiger charge is 2.30. The first kappa shape index (κ1) is 20.7. The number of rotatable bonds is 9. The van der Waals surface area contributed by atoms with Gasteiger partial charge in [-0.1, -0.05) is 30.3 Å². The Labute approximate surface area is 156 Å². The highest BCUT2D eigenvalue weighted by molar-refractivity contribution is 7.89. The third-order valence-electron chi connectivity index (χ3n) is 3.91. The summed E-state index contributed by atoms with van der Waals surface area (Å²) < 4.78 is 45.7. The van der Waals surface area contributed by atoms with Crippen molar-refractivity contribution in [1.29, 1.82) is 0 Å². The Morgan fingerprint density at radius 2 is 1.89 bits per heavy atom. The Balaban J connectivity index is 2.39. The van der Waals surface area contributed by atoms with E-state index in [-0.39, 0.29) is 19.6 Å². The molecule has 0 spiro atoms. The standard InChI is InChI=1S/C17H20FN3O5S/c1-26-17-15(18)11-14(12-16(17)21(22)23)27(24,25)20(10-8-19)9-7-13-5-3-2-4-6-13/h2-6,11-12H,7-10,19H2,1H3. The number of sulfonamides is 1. The summed E-state index contributed by atoms with van der Waals surface area (Å²) in [6.45, 7) is 0.149. The van der Waals surface area contributed by atoms with Crippen LogP contribution in [0.2, 0.25) is 0 Å². The lowest BCUT2D eigenvalue weighted by atomic mass is 10.1. The van der Waals surface area contributed by atoms with Gasteiger partial charge in [0.2, 0.25) is 15.8 Å². The SMILES string of the molecule is COc1c(F)cc(S(=O)(=O)N(CCN)CCc2ccccc2)cc1[N+](=O)[O-]. The zero-order valence-electron chi connectivity index (χ0n) is 14.7. The number of hydrogen-bond donors (Lipinski definition) is 1. The molecule has 0 bridgehead atoms. The fourth-order valence-electron chi connectivity index (χ4n) is 2.59. The Morgan fingerprint density at radius 1 is 1.22 bits per heavy atom. The maximum Gasteiger partial charge on any atom is 0.315 e. The Hall–Kier alpha value is -2.56. The monoisotopic (exact) mass is 397 g/mol. The first-order chi connectivity index (χ1) is 12.8. The molecule has 10 heteroatoms. The van der Waals surface area contributed by atoms with Gasteiger partial charge in [0.25, 0.3) is 0 Å². The minimum atomic E-state index is -4.18. The Kier molecular flexibility index (Phi) is 6.83. The third-order valence-corrected chi connectivity index (χ3v) is 5.78. The molecule has 0 saturated heterocycles. The van der Waals surface area contributed by atoms with E-state index in [0.29, 0.717) is 12.5 Å². The number of nitrogens with two attached hydrogens (primary N) is 1.